The molecule has 1 atom stereocenters. The number of nitrogens with zero attached hydrogens (tertiary/aromatic N) is 1. The van der Waals surface area contributed by atoms with E-state index in [4.69, 9.17) is 14.2 Å². The van der Waals surface area contributed by atoms with Crippen LogP contribution in [0.4, 0.5) is 0 Å². The van der Waals surface area contributed by atoms with Crippen molar-refractivity contribution in [3.63, 3.8) is 0 Å². The van der Waals surface area contributed by atoms with E-state index in [2.05, 4.69) is 0 Å². The second kappa shape index (κ2) is 11.1. The SMILES string of the molecule is CCCOc1ccc(/C(O)=C2/C(=O)C(=O)N(CCCOC)C2c2ccc(OC)c(O)c2)cc1C. The first-order valence-electron chi connectivity index (χ1n) is 11.2. The van der Waals surface area contributed by atoms with Crippen molar-refractivity contribution in [1.29, 1.82) is 0 Å². The van der Waals surface area contributed by atoms with Gasteiger partial charge in [-0.1, -0.05) is 13.0 Å². The maximum atomic E-state index is 13.1. The molecular weight excluding hydrogens is 438 g/mol. The maximum Gasteiger partial charge on any atom is 0.295 e. The Bertz CT molecular complexity index is 1090. The number of aliphatic hydroxyl groups excluding tert-OH is 1. The zero-order chi connectivity index (χ0) is 24.8. The van der Waals surface area contributed by atoms with Gasteiger partial charge in [0.25, 0.3) is 11.7 Å². The molecule has 2 aromatic carbocycles. The average molecular weight is 470 g/mol. The summed E-state index contributed by atoms with van der Waals surface area (Å²) in [7, 11) is 2.99. The Balaban J connectivity index is 2.10. The van der Waals surface area contributed by atoms with Gasteiger partial charge in [0.15, 0.2) is 11.5 Å². The highest BCUT2D eigenvalue weighted by atomic mass is 16.5. The minimum absolute atomic E-state index is 0.0337. The fraction of sp³-hybridized carbons (Fsp3) is 0.385. The Morgan fingerprint density at radius 3 is 2.41 bits per heavy atom. The number of rotatable bonds is 10. The van der Waals surface area contributed by atoms with E-state index in [9.17, 15) is 19.8 Å². The lowest BCUT2D eigenvalue weighted by Crippen LogP contribution is -2.31. The van der Waals surface area contributed by atoms with E-state index < -0.39 is 17.7 Å². The summed E-state index contributed by atoms with van der Waals surface area (Å²) in [6, 6.07) is 8.92. The van der Waals surface area contributed by atoms with E-state index >= 15 is 0 Å². The molecule has 0 spiro atoms. The van der Waals surface area contributed by atoms with E-state index in [1.165, 1.54) is 18.1 Å². The van der Waals surface area contributed by atoms with Crippen LogP contribution in [0, 0.1) is 6.92 Å². The van der Waals surface area contributed by atoms with Gasteiger partial charge >= 0.3 is 0 Å². The molecule has 182 valence electrons. The Morgan fingerprint density at radius 2 is 1.79 bits per heavy atom. The van der Waals surface area contributed by atoms with Crippen LogP contribution in [0.15, 0.2) is 42.0 Å². The Labute approximate surface area is 199 Å². The summed E-state index contributed by atoms with van der Waals surface area (Å²) < 4.78 is 15.9. The van der Waals surface area contributed by atoms with Gasteiger partial charge in [-0.05, 0) is 61.2 Å². The lowest BCUT2D eigenvalue weighted by molar-refractivity contribution is -0.140. The van der Waals surface area contributed by atoms with E-state index in [-0.39, 0.29) is 29.4 Å². The smallest absolute Gasteiger partial charge is 0.295 e. The normalized spacial score (nSPS) is 17.3. The van der Waals surface area contributed by atoms with Gasteiger partial charge in [0, 0.05) is 25.8 Å². The van der Waals surface area contributed by atoms with Gasteiger partial charge in [0.1, 0.15) is 11.5 Å². The molecule has 1 heterocycles. The number of hydrogen-bond donors (Lipinski definition) is 2. The van der Waals surface area contributed by atoms with Gasteiger partial charge in [0.05, 0.1) is 25.3 Å². The Morgan fingerprint density at radius 1 is 1.06 bits per heavy atom. The van der Waals surface area contributed by atoms with Crippen molar-refractivity contribution in [2.24, 2.45) is 0 Å². The second-order valence-corrected chi connectivity index (χ2v) is 8.10. The molecule has 2 N–H and O–H groups in total. The number of ether oxygens (including phenoxy) is 3. The number of benzene rings is 2. The van der Waals surface area contributed by atoms with Gasteiger partial charge in [0.2, 0.25) is 0 Å². The van der Waals surface area contributed by atoms with E-state index in [1.807, 2.05) is 13.8 Å². The second-order valence-electron chi connectivity index (χ2n) is 8.10. The molecule has 0 radical (unpaired) electrons. The van der Waals surface area contributed by atoms with Gasteiger partial charge < -0.3 is 29.3 Å². The molecule has 1 aliphatic heterocycles. The molecule has 2 aromatic rings. The number of methoxy groups -OCH3 is 2. The fourth-order valence-corrected chi connectivity index (χ4v) is 4.04. The topological polar surface area (TPSA) is 106 Å². The number of phenols is 1. The highest BCUT2D eigenvalue weighted by molar-refractivity contribution is 6.46. The van der Waals surface area contributed by atoms with Gasteiger partial charge in [-0.25, -0.2) is 0 Å². The first kappa shape index (κ1) is 25.1. The average Bonchev–Trinajstić information content (AvgIpc) is 3.08. The van der Waals surface area contributed by atoms with Gasteiger partial charge in [-0.2, -0.15) is 0 Å². The molecule has 1 unspecified atom stereocenters. The van der Waals surface area contributed by atoms with Gasteiger partial charge in [-0.3, -0.25) is 9.59 Å². The van der Waals surface area contributed by atoms with Crippen molar-refractivity contribution in [2.45, 2.75) is 32.7 Å². The summed E-state index contributed by atoms with van der Waals surface area (Å²) in [5.74, 6) is -0.945. The lowest BCUT2D eigenvalue weighted by atomic mass is 9.94. The standard InChI is InChI=1S/C26H31NO7/c1-5-12-34-20-9-8-18(14-16(20)2)24(29)22-23(17-7-10-21(33-4)19(28)15-17)27(11-6-13-32-3)26(31)25(22)30/h7-10,14-15,23,28-29H,5-6,11-13H2,1-4H3/b24-22-. The number of likely N-dealkylation sites (tertiary alicyclic amines) is 1. The Kier molecular flexibility index (Phi) is 8.17. The van der Waals surface area contributed by atoms with Crippen LogP contribution in [0.25, 0.3) is 5.76 Å². The highest BCUT2D eigenvalue weighted by Crippen LogP contribution is 2.42. The van der Waals surface area contributed by atoms with Gasteiger partial charge in [-0.15, -0.1) is 0 Å². The molecule has 1 aliphatic rings. The number of carbonyl (C=O) groups is 2. The number of aliphatic hydroxyl groups is 1. The van der Waals surface area contributed by atoms with Crippen molar-refractivity contribution < 1.29 is 34.0 Å². The van der Waals surface area contributed by atoms with Crippen LogP contribution in [0.3, 0.4) is 0 Å². The minimum Gasteiger partial charge on any atom is -0.507 e. The number of carbonyl (C=O) groups excluding carboxylic acids is 2. The molecule has 8 heteroatoms. The predicted octanol–water partition coefficient (Wildman–Crippen LogP) is 3.96. The quantitative estimate of drug-likeness (QED) is 0.235. The number of phenolic OH excluding ortho intramolecular Hbond substituents is 1. The first-order valence-corrected chi connectivity index (χ1v) is 11.2. The summed E-state index contributed by atoms with van der Waals surface area (Å²) >= 11 is 0. The summed E-state index contributed by atoms with van der Waals surface area (Å²) in [6.07, 6.45) is 1.37. The summed E-state index contributed by atoms with van der Waals surface area (Å²) in [6.45, 7) is 5.08. The van der Waals surface area contributed by atoms with Crippen molar-refractivity contribution >= 4 is 17.4 Å². The van der Waals surface area contributed by atoms with Crippen LogP contribution < -0.4 is 9.47 Å². The van der Waals surface area contributed by atoms with Crippen LogP contribution in [-0.2, 0) is 14.3 Å². The molecule has 1 fully saturated rings. The number of hydrogen-bond acceptors (Lipinski definition) is 7. The van der Waals surface area contributed by atoms with Crippen LogP contribution in [0.1, 0.15) is 42.5 Å². The fourth-order valence-electron chi connectivity index (χ4n) is 4.04. The van der Waals surface area contributed by atoms with Crippen molar-refractivity contribution in [2.75, 3.05) is 34.0 Å². The number of amides is 1. The van der Waals surface area contributed by atoms with Crippen molar-refractivity contribution in [3.05, 3.63) is 58.7 Å². The summed E-state index contributed by atoms with van der Waals surface area (Å²) in [5, 5.41) is 21.6. The van der Waals surface area contributed by atoms with E-state index in [0.717, 1.165) is 12.0 Å². The molecule has 0 saturated carbocycles. The molecule has 1 amide bonds. The first-order chi connectivity index (χ1) is 16.3. The van der Waals surface area contributed by atoms with Crippen LogP contribution in [-0.4, -0.2) is 60.8 Å². The number of aromatic hydroxyl groups is 1. The molecule has 0 aromatic heterocycles. The third-order valence-electron chi connectivity index (χ3n) is 5.72. The number of ketones is 1. The molecule has 8 nitrogen and oxygen atoms in total. The minimum atomic E-state index is -0.870. The van der Waals surface area contributed by atoms with Crippen molar-refractivity contribution in [1.82, 2.24) is 4.90 Å². The molecule has 1 saturated heterocycles. The molecule has 0 aliphatic carbocycles. The number of aryl methyl sites for hydroxylation is 1. The van der Waals surface area contributed by atoms with Crippen LogP contribution in [0.2, 0.25) is 0 Å². The number of Topliss-reactive ketones (excluding diaryl/α,β-unsaturated/α-hetero) is 1. The third kappa shape index (κ3) is 5.02. The zero-order valence-corrected chi connectivity index (χ0v) is 20.0. The Hall–Kier alpha value is -3.52. The molecule has 3 rings (SSSR count). The summed E-state index contributed by atoms with van der Waals surface area (Å²) in [5.41, 5.74) is 1.65. The molecule has 0 bridgehead atoms. The monoisotopic (exact) mass is 469 g/mol. The summed E-state index contributed by atoms with van der Waals surface area (Å²) in [4.78, 5) is 27.5. The molecular formula is C26H31NO7. The predicted molar refractivity (Wildman–Crippen MR) is 127 cm³/mol. The highest BCUT2D eigenvalue weighted by Gasteiger charge is 2.46. The third-order valence-corrected chi connectivity index (χ3v) is 5.72. The van der Waals surface area contributed by atoms with E-state index in [1.54, 1.807) is 37.4 Å². The van der Waals surface area contributed by atoms with Crippen molar-refractivity contribution in [3.8, 4) is 17.2 Å². The van der Waals surface area contributed by atoms with E-state index in [0.29, 0.717) is 36.5 Å². The molecule has 34 heavy (non-hydrogen) atoms. The largest absolute Gasteiger partial charge is 0.507 e. The van der Waals surface area contributed by atoms with Crippen LogP contribution >= 0.6 is 0 Å². The lowest BCUT2D eigenvalue weighted by Gasteiger charge is -2.25. The van der Waals surface area contributed by atoms with Crippen LogP contribution in [0.5, 0.6) is 17.2 Å². The zero-order valence-electron chi connectivity index (χ0n) is 20.0. The maximum absolute atomic E-state index is 13.1.